The van der Waals surface area contributed by atoms with E-state index in [9.17, 15) is 34.8 Å². The molecule has 0 aliphatic rings. The summed E-state index contributed by atoms with van der Waals surface area (Å²) < 4.78 is 114. The van der Waals surface area contributed by atoms with E-state index >= 15 is 0 Å². The molecule has 0 atom stereocenters. The van der Waals surface area contributed by atoms with Crippen LogP contribution in [-0.4, -0.2) is 13.4 Å². The fourth-order valence-electron chi connectivity index (χ4n) is 2.76. The molecule has 1 N–H and O–H groups in total. The Kier molecular flexibility index (Phi) is 6.17. The second-order valence-corrected chi connectivity index (χ2v) is 10.0. The van der Waals surface area contributed by atoms with E-state index < -0.39 is 55.7 Å². The highest BCUT2D eigenvalue weighted by molar-refractivity contribution is 14.1. The Labute approximate surface area is 199 Å². The smallest absolute Gasteiger partial charge is 0.343 e. The predicted molar refractivity (Wildman–Crippen MR) is 116 cm³/mol. The molecule has 0 saturated heterocycles. The lowest BCUT2D eigenvalue weighted by Crippen LogP contribution is -2.15. The third-order valence-corrected chi connectivity index (χ3v) is 7.35. The summed E-state index contributed by atoms with van der Waals surface area (Å²) in [7, 11) is -5.21. The Morgan fingerprint density at radius 2 is 1.58 bits per heavy atom. The normalized spacial score (nSPS) is 11.7. The average molecular weight is 616 g/mol. The average Bonchev–Trinajstić information content (AvgIpc) is 3.15. The summed E-state index contributed by atoms with van der Waals surface area (Å²) in [4.78, 5) is 3.37. The van der Waals surface area contributed by atoms with Gasteiger partial charge >= 0.3 is 10.1 Å². The van der Waals surface area contributed by atoms with Crippen LogP contribution in [0, 0.1) is 38.5 Å². The number of hydrogen-bond donors (Lipinski definition) is 1. The molecule has 0 aliphatic carbocycles. The Balaban J connectivity index is 1.88. The number of rotatable bonds is 5. The first-order valence-corrected chi connectivity index (χ1v) is 11.9. The van der Waals surface area contributed by atoms with Gasteiger partial charge in [0.15, 0.2) is 0 Å². The number of nitrogens with one attached hydrogen (secondary N) is 1. The third-order valence-electron chi connectivity index (χ3n) is 4.21. The lowest BCUT2D eigenvalue weighted by molar-refractivity contribution is 0.347. The van der Waals surface area contributed by atoms with Crippen LogP contribution in [0.25, 0.3) is 10.2 Å². The van der Waals surface area contributed by atoms with Crippen LogP contribution >= 0.6 is 33.9 Å². The van der Waals surface area contributed by atoms with E-state index in [-0.39, 0.29) is 20.9 Å². The molecule has 2 heterocycles. The largest absolute Gasteiger partial charge is 0.372 e. The van der Waals surface area contributed by atoms with Crippen molar-refractivity contribution in [2.75, 3.05) is 5.32 Å². The fourth-order valence-corrected chi connectivity index (χ4v) is 5.82. The van der Waals surface area contributed by atoms with Gasteiger partial charge in [-0.25, -0.2) is 22.5 Å². The minimum Gasteiger partial charge on any atom is -0.372 e. The summed E-state index contributed by atoms with van der Waals surface area (Å²) in [6.45, 7) is 0. The monoisotopic (exact) mass is 616 g/mol. The summed E-state index contributed by atoms with van der Waals surface area (Å²) in [6.07, 6.45) is 1.33. The van der Waals surface area contributed by atoms with Crippen LogP contribution in [0.15, 0.2) is 41.4 Å². The zero-order valence-electron chi connectivity index (χ0n) is 15.6. The number of pyridine rings is 1. The van der Waals surface area contributed by atoms with Crippen molar-refractivity contribution < 1.29 is 38.9 Å². The van der Waals surface area contributed by atoms with E-state index in [2.05, 4.69) is 14.5 Å². The second-order valence-electron chi connectivity index (χ2n) is 6.30. The zero-order chi connectivity index (χ0) is 24.1. The van der Waals surface area contributed by atoms with Gasteiger partial charge in [0, 0.05) is 15.2 Å². The SMILES string of the molecule is O=S(=O)(Oc1c(F)c(F)c(F)c(F)c1F)c1c(Nc2ccc(I)cc2F)sc2ncccc12. The van der Waals surface area contributed by atoms with E-state index in [0.717, 1.165) is 17.4 Å². The van der Waals surface area contributed by atoms with Crippen LogP contribution in [0.5, 0.6) is 5.75 Å². The number of benzene rings is 2. The van der Waals surface area contributed by atoms with Crippen molar-refractivity contribution in [1.82, 2.24) is 4.98 Å². The molecule has 4 rings (SSSR count). The van der Waals surface area contributed by atoms with Crippen LogP contribution in [0.3, 0.4) is 0 Å². The molecule has 2 aromatic heterocycles. The number of anilines is 2. The van der Waals surface area contributed by atoms with Gasteiger partial charge in [-0.3, -0.25) is 0 Å². The van der Waals surface area contributed by atoms with Crippen LogP contribution < -0.4 is 9.50 Å². The van der Waals surface area contributed by atoms with Crippen molar-refractivity contribution in [3.63, 3.8) is 0 Å². The van der Waals surface area contributed by atoms with Crippen LogP contribution in [-0.2, 0) is 10.1 Å². The van der Waals surface area contributed by atoms with E-state index in [0.29, 0.717) is 3.57 Å². The molecule has 33 heavy (non-hydrogen) atoms. The highest BCUT2D eigenvalue weighted by Gasteiger charge is 2.34. The minimum absolute atomic E-state index is 0.0835. The van der Waals surface area contributed by atoms with Crippen molar-refractivity contribution in [2.24, 2.45) is 0 Å². The molecule has 2 aromatic carbocycles. The summed E-state index contributed by atoms with van der Waals surface area (Å²) in [5.74, 6) is -14.9. The van der Waals surface area contributed by atoms with E-state index in [4.69, 9.17) is 0 Å². The number of hydrogen-bond acceptors (Lipinski definition) is 6. The van der Waals surface area contributed by atoms with Gasteiger partial charge in [-0.2, -0.15) is 17.2 Å². The zero-order valence-corrected chi connectivity index (χ0v) is 19.4. The van der Waals surface area contributed by atoms with Crippen molar-refractivity contribution >= 4 is 65.0 Å². The van der Waals surface area contributed by atoms with Gasteiger partial charge in [0.2, 0.25) is 34.8 Å². The standard InChI is InChI=1S/C19H7F6IN2O3S2/c20-9-6-7(26)3-4-10(9)28-19-17(8-2-1-5-27-18(8)32-19)33(29,30)31-16-14(24)12(22)11(21)13(23)15(16)25/h1-6,28H. The fraction of sp³-hybridized carbons (Fsp3) is 0. The number of nitrogens with zero attached hydrogens (tertiary/aromatic N) is 1. The lowest BCUT2D eigenvalue weighted by Gasteiger charge is -2.12. The Morgan fingerprint density at radius 3 is 2.21 bits per heavy atom. The third kappa shape index (κ3) is 4.21. The van der Waals surface area contributed by atoms with Crippen molar-refractivity contribution in [3.8, 4) is 5.75 Å². The molecule has 14 heteroatoms. The molecule has 0 bridgehead atoms. The molecule has 0 fully saturated rings. The Bertz CT molecular complexity index is 1500. The molecule has 0 saturated carbocycles. The Morgan fingerprint density at radius 1 is 0.939 bits per heavy atom. The van der Waals surface area contributed by atoms with Crippen LogP contribution in [0.2, 0.25) is 0 Å². The maximum atomic E-state index is 14.3. The molecule has 0 aliphatic heterocycles. The highest BCUT2D eigenvalue weighted by Crippen LogP contribution is 2.42. The molecule has 0 spiro atoms. The molecule has 172 valence electrons. The first kappa shape index (κ1) is 23.6. The minimum atomic E-state index is -5.21. The lowest BCUT2D eigenvalue weighted by atomic mass is 10.3. The molecule has 0 unspecified atom stereocenters. The van der Waals surface area contributed by atoms with Gasteiger partial charge in [-0.15, -0.1) is 0 Å². The molecule has 0 radical (unpaired) electrons. The van der Waals surface area contributed by atoms with E-state index in [1.54, 1.807) is 0 Å². The van der Waals surface area contributed by atoms with Crippen molar-refractivity contribution in [1.29, 1.82) is 0 Å². The number of halogens is 7. The second kappa shape index (κ2) is 8.64. The summed E-state index contributed by atoms with van der Waals surface area (Å²) in [6, 6.07) is 6.63. The summed E-state index contributed by atoms with van der Waals surface area (Å²) in [5.41, 5.74) is -0.144. The van der Waals surface area contributed by atoms with E-state index in [1.165, 1.54) is 30.5 Å². The first-order chi connectivity index (χ1) is 15.5. The van der Waals surface area contributed by atoms with Gasteiger partial charge in [-0.05, 0) is 52.9 Å². The molecule has 0 amide bonds. The molecule has 4 aromatic rings. The maximum absolute atomic E-state index is 14.3. The van der Waals surface area contributed by atoms with Gasteiger partial charge in [0.05, 0.1) is 5.69 Å². The summed E-state index contributed by atoms with van der Waals surface area (Å²) in [5, 5.41) is 2.22. The van der Waals surface area contributed by atoms with Crippen molar-refractivity contribution in [3.05, 3.63) is 75.0 Å². The summed E-state index contributed by atoms with van der Waals surface area (Å²) >= 11 is 2.60. The van der Waals surface area contributed by atoms with Gasteiger partial charge < -0.3 is 9.50 Å². The Hall–Kier alpha value is -2.59. The van der Waals surface area contributed by atoms with Gasteiger partial charge in [-0.1, -0.05) is 11.3 Å². The first-order valence-electron chi connectivity index (χ1n) is 8.56. The van der Waals surface area contributed by atoms with Gasteiger partial charge in [0.25, 0.3) is 0 Å². The molecular weight excluding hydrogens is 609 g/mol. The number of thiophene rings is 1. The van der Waals surface area contributed by atoms with Crippen LogP contribution in [0.4, 0.5) is 37.0 Å². The number of aromatic nitrogens is 1. The number of fused-ring (bicyclic) bond motifs is 1. The molecule has 5 nitrogen and oxygen atoms in total. The van der Waals surface area contributed by atoms with Crippen molar-refractivity contribution in [2.45, 2.75) is 4.90 Å². The van der Waals surface area contributed by atoms with Gasteiger partial charge in [0.1, 0.15) is 20.5 Å². The quantitative estimate of drug-likeness (QED) is 0.0945. The van der Waals surface area contributed by atoms with E-state index in [1.807, 2.05) is 22.6 Å². The predicted octanol–water partition coefficient (Wildman–Crippen LogP) is 6.25. The maximum Gasteiger partial charge on any atom is 0.343 e. The van der Waals surface area contributed by atoms with Crippen LogP contribution in [0.1, 0.15) is 0 Å². The highest BCUT2D eigenvalue weighted by atomic mass is 127. The molecular formula is C19H7F6IN2O3S2. The topological polar surface area (TPSA) is 68.3 Å².